The maximum Gasteiger partial charge on any atom is 0.221 e. The van der Waals surface area contributed by atoms with Gasteiger partial charge in [0.25, 0.3) is 0 Å². The third kappa shape index (κ3) is 4.43. The molecule has 1 aliphatic heterocycles. The molecule has 0 spiro atoms. The molecular weight excluding hydrogens is 198 g/mol. The lowest BCUT2D eigenvalue weighted by Crippen LogP contribution is -2.39. The van der Waals surface area contributed by atoms with Crippen molar-refractivity contribution in [1.82, 2.24) is 4.90 Å². The largest absolute Gasteiger partial charge is 0.303 e. The van der Waals surface area contributed by atoms with Gasteiger partial charge < -0.3 is 4.90 Å². The second-order valence-electron chi connectivity index (χ2n) is 4.66. The number of carbonyl (C=O) groups excluding carboxylic acids is 1. The highest BCUT2D eigenvalue weighted by Gasteiger charge is 2.21. The molecule has 1 aliphatic rings. The second-order valence-corrected chi connectivity index (χ2v) is 5.09. The first kappa shape index (κ1) is 12.0. The Labute approximate surface area is 91.6 Å². The van der Waals surface area contributed by atoms with E-state index < -0.39 is 0 Å². The summed E-state index contributed by atoms with van der Waals surface area (Å²) in [5.41, 5.74) is 0. The number of rotatable bonds is 4. The highest BCUT2D eigenvalue weighted by atomic mass is 35.5. The standard InChI is InChI=1S/C11H20ClNO/c1-9-6-10(2)8-13(7-9)5-3-4-11(12)14/h9-10H,3-8H2,1-2H3. The molecule has 0 aromatic carbocycles. The van der Waals surface area contributed by atoms with Crippen molar-refractivity contribution in [3.05, 3.63) is 0 Å². The molecule has 0 N–H and O–H groups in total. The summed E-state index contributed by atoms with van der Waals surface area (Å²) in [5.74, 6) is 1.59. The van der Waals surface area contributed by atoms with Crippen LogP contribution < -0.4 is 0 Å². The van der Waals surface area contributed by atoms with E-state index in [9.17, 15) is 4.79 Å². The van der Waals surface area contributed by atoms with Crippen LogP contribution in [0, 0.1) is 11.8 Å². The van der Waals surface area contributed by atoms with Crippen LogP contribution in [0.2, 0.25) is 0 Å². The minimum atomic E-state index is -0.205. The summed E-state index contributed by atoms with van der Waals surface area (Å²) < 4.78 is 0. The van der Waals surface area contributed by atoms with E-state index in [0.29, 0.717) is 6.42 Å². The minimum Gasteiger partial charge on any atom is -0.303 e. The summed E-state index contributed by atoms with van der Waals surface area (Å²) in [6, 6.07) is 0. The van der Waals surface area contributed by atoms with E-state index in [1.165, 1.54) is 19.5 Å². The summed E-state index contributed by atoms with van der Waals surface area (Å²) in [6.07, 6.45) is 2.76. The van der Waals surface area contributed by atoms with Crippen LogP contribution in [-0.2, 0) is 4.79 Å². The third-order valence-electron chi connectivity index (χ3n) is 2.79. The van der Waals surface area contributed by atoms with E-state index in [0.717, 1.165) is 24.8 Å². The van der Waals surface area contributed by atoms with Crippen LogP contribution in [0.15, 0.2) is 0 Å². The van der Waals surface area contributed by atoms with Crippen molar-refractivity contribution >= 4 is 16.8 Å². The topological polar surface area (TPSA) is 20.3 Å². The lowest BCUT2D eigenvalue weighted by molar-refractivity contribution is -0.111. The number of hydrogen-bond donors (Lipinski definition) is 0. The Bertz CT molecular complexity index is 186. The summed E-state index contributed by atoms with van der Waals surface area (Å²) in [4.78, 5) is 13.0. The van der Waals surface area contributed by atoms with E-state index >= 15 is 0 Å². The molecule has 0 radical (unpaired) electrons. The van der Waals surface area contributed by atoms with Crippen LogP contribution in [0.1, 0.15) is 33.1 Å². The lowest BCUT2D eigenvalue weighted by Gasteiger charge is -2.34. The van der Waals surface area contributed by atoms with Gasteiger partial charge in [-0.25, -0.2) is 0 Å². The molecule has 2 nitrogen and oxygen atoms in total. The Morgan fingerprint density at radius 1 is 1.36 bits per heavy atom. The predicted molar refractivity (Wildman–Crippen MR) is 59.5 cm³/mol. The van der Waals surface area contributed by atoms with Gasteiger partial charge in [0.2, 0.25) is 5.24 Å². The molecule has 3 heteroatoms. The number of piperidine rings is 1. The molecule has 1 saturated heterocycles. The van der Waals surface area contributed by atoms with E-state index in [1.807, 2.05) is 0 Å². The van der Waals surface area contributed by atoms with Gasteiger partial charge in [-0.2, -0.15) is 0 Å². The summed E-state index contributed by atoms with van der Waals surface area (Å²) >= 11 is 5.30. The first-order chi connectivity index (χ1) is 6.58. The summed E-state index contributed by atoms with van der Waals surface area (Å²) in [5, 5.41) is -0.205. The normalized spacial score (nSPS) is 29.1. The maximum atomic E-state index is 10.6. The van der Waals surface area contributed by atoms with Crippen LogP contribution in [0.25, 0.3) is 0 Å². The van der Waals surface area contributed by atoms with E-state index in [4.69, 9.17) is 11.6 Å². The van der Waals surface area contributed by atoms with Crippen LogP contribution in [0.3, 0.4) is 0 Å². The predicted octanol–water partition coefficient (Wildman–Crippen LogP) is 2.51. The summed E-state index contributed by atoms with van der Waals surface area (Å²) in [6.45, 7) is 7.99. The Hall–Kier alpha value is -0.0800. The molecule has 0 amide bonds. The Morgan fingerprint density at radius 3 is 2.43 bits per heavy atom. The van der Waals surface area contributed by atoms with Crippen molar-refractivity contribution in [2.24, 2.45) is 11.8 Å². The van der Waals surface area contributed by atoms with Crippen LogP contribution in [0.5, 0.6) is 0 Å². The van der Waals surface area contributed by atoms with Gasteiger partial charge in [-0.05, 0) is 42.8 Å². The average molecular weight is 218 g/mol. The Balaban J connectivity index is 2.20. The van der Waals surface area contributed by atoms with Gasteiger partial charge in [-0.15, -0.1) is 0 Å². The molecule has 0 bridgehead atoms. The van der Waals surface area contributed by atoms with Gasteiger partial charge in [0, 0.05) is 19.5 Å². The van der Waals surface area contributed by atoms with Crippen molar-refractivity contribution in [3.63, 3.8) is 0 Å². The lowest BCUT2D eigenvalue weighted by atomic mass is 9.92. The molecular formula is C11H20ClNO. The number of likely N-dealkylation sites (tertiary alicyclic amines) is 1. The summed E-state index contributed by atoms with van der Waals surface area (Å²) in [7, 11) is 0. The second kappa shape index (κ2) is 5.72. The quantitative estimate of drug-likeness (QED) is 0.675. The van der Waals surface area contributed by atoms with Crippen LogP contribution in [-0.4, -0.2) is 29.8 Å². The van der Waals surface area contributed by atoms with E-state index in [-0.39, 0.29) is 5.24 Å². The van der Waals surface area contributed by atoms with Crippen molar-refractivity contribution in [2.75, 3.05) is 19.6 Å². The monoisotopic (exact) mass is 217 g/mol. The zero-order chi connectivity index (χ0) is 10.6. The average Bonchev–Trinajstić information content (AvgIpc) is 2.01. The smallest absolute Gasteiger partial charge is 0.221 e. The highest BCUT2D eigenvalue weighted by molar-refractivity contribution is 6.63. The molecule has 0 saturated carbocycles. The highest BCUT2D eigenvalue weighted by Crippen LogP contribution is 2.20. The van der Waals surface area contributed by atoms with Gasteiger partial charge >= 0.3 is 0 Å². The van der Waals surface area contributed by atoms with Crippen LogP contribution in [0.4, 0.5) is 0 Å². The first-order valence-corrected chi connectivity index (χ1v) is 5.86. The maximum absolute atomic E-state index is 10.6. The Morgan fingerprint density at radius 2 is 1.93 bits per heavy atom. The van der Waals surface area contributed by atoms with Crippen LogP contribution >= 0.6 is 11.6 Å². The third-order valence-corrected chi connectivity index (χ3v) is 2.98. The van der Waals surface area contributed by atoms with Gasteiger partial charge in [-0.1, -0.05) is 13.8 Å². The fraction of sp³-hybridized carbons (Fsp3) is 0.909. The molecule has 1 fully saturated rings. The SMILES string of the molecule is CC1CC(C)CN(CCCC(=O)Cl)C1. The van der Waals surface area contributed by atoms with Gasteiger partial charge in [0.05, 0.1) is 0 Å². The van der Waals surface area contributed by atoms with Gasteiger partial charge in [0.15, 0.2) is 0 Å². The van der Waals surface area contributed by atoms with Crippen molar-refractivity contribution < 1.29 is 4.79 Å². The number of halogens is 1. The fourth-order valence-corrected chi connectivity index (χ4v) is 2.55. The minimum absolute atomic E-state index is 0.205. The first-order valence-electron chi connectivity index (χ1n) is 5.48. The molecule has 0 aromatic rings. The molecule has 14 heavy (non-hydrogen) atoms. The molecule has 2 atom stereocenters. The molecule has 1 heterocycles. The Kier molecular flexibility index (Phi) is 4.90. The van der Waals surface area contributed by atoms with E-state index in [2.05, 4.69) is 18.7 Å². The molecule has 0 aliphatic carbocycles. The molecule has 82 valence electrons. The van der Waals surface area contributed by atoms with Gasteiger partial charge in [-0.3, -0.25) is 4.79 Å². The van der Waals surface area contributed by atoms with Crippen molar-refractivity contribution in [1.29, 1.82) is 0 Å². The van der Waals surface area contributed by atoms with Crippen molar-refractivity contribution in [3.8, 4) is 0 Å². The number of hydrogen-bond acceptors (Lipinski definition) is 2. The zero-order valence-electron chi connectivity index (χ0n) is 9.13. The van der Waals surface area contributed by atoms with E-state index in [1.54, 1.807) is 0 Å². The molecule has 1 rings (SSSR count). The molecule has 2 unspecified atom stereocenters. The molecule has 0 aromatic heterocycles. The van der Waals surface area contributed by atoms with Gasteiger partial charge in [0.1, 0.15) is 0 Å². The zero-order valence-corrected chi connectivity index (χ0v) is 9.89. The number of nitrogens with zero attached hydrogens (tertiary/aromatic N) is 1. The number of carbonyl (C=O) groups is 1. The van der Waals surface area contributed by atoms with Crippen molar-refractivity contribution in [2.45, 2.75) is 33.1 Å². The fourth-order valence-electron chi connectivity index (χ4n) is 2.42.